The van der Waals surface area contributed by atoms with Crippen LogP contribution in [-0.4, -0.2) is 28.0 Å². The normalized spacial score (nSPS) is 22.9. The zero-order valence-electron chi connectivity index (χ0n) is 10.8. The molecule has 1 aromatic heterocycles. The molecule has 2 aliphatic heterocycles. The van der Waals surface area contributed by atoms with Crippen molar-refractivity contribution in [3.05, 3.63) is 17.2 Å². The van der Waals surface area contributed by atoms with Crippen molar-refractivity contribution in [3.63, 3.8) is 0 Å². The average Bonchev–Trinajstić information content (AvgIpc) is 2.94. The molecule has 2 N–H and O–H groups in total. The predicted octanol–water partition coefficient (Wildman–Crippen LogP) is 0.370. The number of nitrogens with zero attached hydrogens (tertiary/aromatic N) is 2. The standard InChI is InChI=1S/C13H20N4O/c1-2-12-16-10-7-14-6-5-11(10)17(12)8-9-3-4-13(18)15-9/h9,14H,2-8H2,1H3,(H,15,18). The minimum atomic E-state index is 0.189. The van der Waals surface area contributed by atoms with E-state index in [0.717, 1.165) is 44.7 Å². The number of aromatic nitrogens is 2. The summed E-state index contributed by atoms with van der Waals surface area (Å²) in [5.74, 6) is 1.35. The molecule has 0 saturated carbocycles. The van der Waals surface area contributed by atoms with Crippen LogP contribution in [0.1, 0.15) is 37.0 Å². The van der Waals surface area contributed by atoms with Crippen LogP contribution >= 0.6 is 0 Å². The Morgan fingerprint density at radius 3 is 3.06 bits per heavy atom. The maximum absolute atomic E-state index is 11.3. The van der Waals surface area contributed by atoms with Crippen LogP contribution < -0.4 is 10.6 Å². The highest BCUT2D eigenvalue weighted by molar-refractivity contribution is 5.78. The molecular weight excluding hydrogens is 228 g/mol. The van der Waals surface area contributed by atoms with Crippen LogP contribution in [0.25, 0.3) is 0 Å². The second-order valence-corrected chi connectivity index (χ2v) is 5.12. The van der Waals surface area contributed by atoms with Crippen molar-refractivity contribution < 1.29 is 4.79 Å². The third-order valence-corrected chi connectivity index (χ3v) is 3.87. The minimum Gasteiger partial charge on any atom is -0.352 e. The van der Waals surface area contributed by atoms with Crippen molar-refractivity contribution in [3.8, 4) is 0 Å². The summed E-state index contributed by atoms with van der Waals surface area (Å²) in [4.78, 5) is 16.0. The molecule has 0 bridgehead atoms. The van der Waals surface area contributed by atoms with E-state index < -0.39 is 0 Å². The van der Waals surface area contributed by atoms with Crippen molar-refractivity contribution >= 4 is 5.91 Å². The second-order valence-electron chi connectivity index (χ2n) is 5.12. The lowest BCUT2D eigenvalue weighted by atomic mass is 10.1. The van der Waals surface area contributed by atoms with Gasteiger partial charge in [0.05, 0.1) is 5.69 Å². The van der Waals surface area contributed by atoms with Gasteiger partial charge in [-0.2, -0.15) is 0 Å². The molecule has 1 atom stereocenters. The molecule has 1 fully saturated rings. The zero-order chi connectivity index (χ0) is 12.5. The Labute approximate surface area is 107 Å². The summed E-state index contributed by atoms with van der Waals surface area (Å²) in [5.41, 5.74) is 2.56. The van der Waals surface area contributed by atoms with Gasteiger partial charge in [-0.1, -0.05) is 6.92 Å². The zero-order valence-corrected chi connectivity index (χ0v) is 10.8. The Kier molecular flexibility index (Phi) is 3.07. The Bertz CT molecular complexity index is 466. The number of carbonyl (C=O) groups is 1. The van der Waals surface area contributed by atoms with Crippen LogP contribution in [0.15, 0.2) is 0 Å². The monoisotopic (exact) mass is 248 g/mol. The highest BCUT2D eigenvalue weighted by atomic mass is 16.1. The largest absolute Gasteiger partial charge is 0.352 e. The lowest BCUT2D eigenvalue weighted by Gasteiger charge is -2.19. The van der Waals surface area contributed by atoms with Crippen molar-refractivity contribution in [2.24, 2.45) is 0 Å². The Morgan fingerprint density at radius 1 is 1.44 bits per heavy atom. The minimum absolute atomic E-state index is 0.189. The molecule has 1 saturated heterocycles. The first-order valence-electron chi connectivity index (χ1n) is 6.85. The van der Waals surface area contributed by atoms with E-state index in [1.54, 1.807) is 0 Å². The molecule has 0 aliphatic carbocycles. The first-order chi connectivity index (χ1) is 8.78. The number of rotatable bonds is 3. The molecule has 0 radical (unpaired) electrons. The number of amides is 1. The maximum atomic E-state index is 11.3. The van der Waals surface area contributed by atoms with Crippen molar-refractivity contribution in [1.82, 2.24) is 20.2 Å². The molecule has 1 unspecified atom stereocenters. The average molecular weight is 248 g/mol. The van der Waals surface area contributed by atoms with Gasteiger partial charge in [0.25, 0.3) is 0 Å². The van der Waals surface area contributed by atoms with Gasteiger partial charge in [-0.05, 0) is 6.42 Å². The fourth-order valence-electron chi connectivity index (χ4n) is 2.95. The Morgan fingerprint density at radius 2 is 2.33 bits per heavy atom. The van der Waals surface area contributed by atoms with Crippen LogP contribution in [0.4, 0.5) is 0 Å². The SMILES string of the molecule is CCc1nc2c(n1CC1CCC(=O)N1)CCNC2. The van der Waals surface area contributed by atoms with E-state index in [2.05, 4.69) is 22.1 Å². The molecule has 3 heterocycles. The number of imidazole rings is 1. The molecule has 0 spiro atoms. The van der Waals surface area contributed by atoms with E-state index in [4.69, 9.17) is 4.98 Å². The predicted molar refractivity (Wildman–Crippen MR) is 68.2 cm³/mol. The summed E-state index contributed by atoms with van der Waals surface area (Å²) in [6.45, 7) is 4.94. The van der Waals surface area contributed by atoms with Crippen molar-refractivity contribution in [2.45, 2.75) is 51.7 Å². The molecule has 1 aromatic rings. The summed E-state index contributed by atoms with van der Waals surface area (Å²) in [7, 11) is 0. The number of carbonyl (C=O) groups excluding carboxylic acids is 1. The number of hydrogen-bond acceptors (Lipinski definition) is 3. The van der Waals surface area contributed by atoms with E-state index in [1.807, 2.05) is 0 Å². The van der Waals surface area contributed by atoms with Crippen LogP contribution in [0, 0.1) is 0 Å². The van der Waals surface area contributed by atoms with Gasteiger partial charge in [-0.3, -0.25) is 4.79 Å². The number of fused-ring (bicyclic) bond motifs is 1. The van der Waals surface area contributed by atoms with Crippen LogP contribution in [0.2, 0.25) is 0 Å². The first kappa shape index (κ1) is 11.7. The van der Waals surface area contributed by atoms with E-state index >= 15 is 0 Å². The summed E-state index contributed by atoms with van der Waals surface area (Å²) in [6.07, 6.45) is 3.62. The summed E-state index contributed by atoms with van der Waals surface area (Å²) in [6, 6.07) is 0.288. The number of aryl methyl sites for hydroxylation is 1. The lowest BCUT2D eigenvalue weighted by Crippen LogP contribution is -2.32. The van der Waals surface area contributed by atoms with Gasteiger partial charge in [0, 0.05) is 50.6 Å². The van der Waals surface area contributed by atoms with Gasteiger partial charge in [0.15, 0.2) is 0 Å². The fourth-order valence-corrected chi connectivity index (χ4v) is 2.95. The van der Waals surface area contributed by atoms with E-state index in [9.17, 15) is 4.79 Å². The van der Waals surface area contributed by atoms with Gasteiger partial charge >= 0.3 is 0 Å². The van der Waals surface area contributed by atoms with Gasteiger partial charge in [-0.25, -0.2) is 4.98 Å². The van der Waals surface area contributed by atoms with E-state index in [-0.39, 0.29) is 11.9 Å². The highest BCUT2D eigenvalue weighted by Gasteiger charge is 2.25. The quantitative estimate of drug-likeness (QED) is 0.812. The molecule has 5 nitrogen and oxygen atoms in total. The maximum Gasteiger partial charge on any atom is 0.220 e. The van der Waals surface area contributed by atoms with Crippen molar-refractivity contribution in [1.29, 1.82) is 0 Å². The molecule has 1 amide bonds. The molecule has 5 heteroatoms. The first-order valence-corrected chi connectivity index (χ1v) is 6.85. The van der Waals surface area contributed by atoms with Gasteiger partial charge < -0.3 is 15.2 Å². The molecule has 2 aliphatic rings. The lowest BCUT2D eigenvalue weighted by molar-refractivity contribution is -0.119. The topological polar surface area (TPSA) is 59.0 Å². The smallest absolute Gasteiger partial charge is 0.220 e. The molecule has 98 valence electrons. The van der Waals surface area contributed by atoms with Gasteiger partial charge in [-0.15, -0.1) is 0 Å². The van der Waals surface area contributed by atoms with Gasteiger partial charge in [0.2, 0.25) is 5.91 Å². The Hall–Kier alpha value is -1.36. The van der Waals surface area contributed by atoms with E-state index in [1.165, 1.54) is 11.4 Å². The van der Waals surface area contributed by atoms with Crippen LogP contribution in [0.5, 0.6) is 0 Å². The molecule has 18 heavy (non-hydrogen) atoms. The van der Waals surface area contributed by atoms with Crippen LogP contribution in [0.3, 0.4) is 0 Å². The van der Waals surface area contributed by atoms with Gasteiger partial charge in [0.1, 0.15) is 5.82 Å². The third kappa shape index (κ3) is 2.03. The summed E-state index contributed by atoms with van der Waals surface area (Å²) >= 11 is 0. The third-order valence-electron chi connectivity index (χ3n) is 3.87. The fraction of sp³-hybridized carbons (Fsp3) is 0.692. The van der Waals surface area contributed by atoms with E-state index in [0.29, 0.717) is 6.42 Å². The second kappa shape index (κ2) is 4.72. The number of hydrogen-bond donors (Lipinski definition) is 2. The highest BCUT2D eigenvalue weighted by Crippen LogP contribution is 2.19. The molecule has 0 aromatic carbocycles. The molecule has 3 rings (SSSR count). The van der Waals surface area contributed by atoms with Crippen LogP contribution in [-0.2, 0) is 30.7 Å². The van der Waals surface area contributed by atoms with Crippen molar-refractivity contribution in [2.75, 3.05) is 6.54 Å². The Balaban J connectivity index is 1.85. The molecular formula is C13H20N4O. The summed E-state index contributed by atoms with van der Waals surface area (Å²) < 4.78 is 2.34. The summed E-state index contributed by atoms with van der Waals surface area (Å²) in [5, 5.41) is 6.41. The number of nitrogens with one attached hydrogen (secondary N) is 2.